The van der Waals surface area contributed by atoms with E-state index in [9.17, 15) is 4.79 Å². The zero-order valence-electron chi connectivity index (χ0n) is 15.3. The van der Waals surface area contributed by atoms with Gasteiger partial charge in [-0.2, -0.15) is 0 Å². The quantitative estimate of drug-likeness (QED) is 0.668. The molecular weight excluding hydrogens is 304 g/mol. The van der Waals surface area contributed by atoms with Gasteiger partial charge >= 0.3 is 0 Å². The standard InChI is InChI=1S/C19H30N2O3/c1-21(2)11-5-10-20-19(22)13-16(14-6-7-14)15-8-9-17(23-3)18(12-15)24-4/h8-9,12,14,16H,5-7,10-11,13H2,1-4H3,(H,20,22). The SMILES string of the molecule is COc1ccc(C(CC(=O)NCCCN(C)C)C2CC2)cc1OC. The van der Waals surface area contributed by atoms with Gasteiger partial charge in [0.05, 0.1) is 14.2 Å². The predicted molar refractivity (Wildman–Crippen MR) is 95.8 cm³/mol. The van der Waals surface area contributed by atoms with Crippen LogP contribution in [-0.4, -0.2) is 52.2 Å². The smallest absolute Gasteiger partial charge is 0.220 e. The molecule has 5 heteroatoms. The summed E-state index contributed by atoms with van der Waals surface area (Å²) in [6.07, 6.45) is 3.92. The number of rotatable bonds is 10. The number of ether oxygens (including phenoxy) is 2. The van der Waals surface area contributed by atoms with Crippen LogP contribution < -0.4 is 14.8 Å². The van der Waals surface area contributed by atoms with Crippen molar-refractivity contribution in [1.82, 2.24) is 10.2 Å². The number of nitrogens with zero attached hydrogens (tertiary/aromatic N) is 1. The summed E-state index contributed by atoms with van der Waals surface area (Å²) < 4.78 is 10.7. The first kappa shape index (κ1) is 18.6. The van der Waals surface area contributed by atoms with Crippen LogP contribution in [0, 0.1) is 5.92 Å². The van der Waals surface area contributed by atoms with E-state index in [-0.39, 0.29) is 11.8 Å². The summed E-state index contributed by atoms with van der Waals surface area (Å²) in [6, 6.07) is 6.00. The number of carbonyl (C=O) groups is 1. The molecule has 0 radical (unpaired) electrons. The molecule has 1 aliphatic rings. The zero-order chi connectivity index (χ0) is 17.5. The summed E-state index contributed by atoms with van der Waals surface area (Å²) in [5.74, 6) is 2.46. The molecule has 0 saturated heterocycles. The minimum Gasteiger partial charge on any atom is -0.493 e. The van der Waals surface area contributed by atoms with Crippen LogP contribution in [0.5, 0.6) is 11.5 Å². The Morgan fingerprint density at radius 1 is 1.25 bits per heavy atom. The third-order valence-electron chi connectivity index (χ3n) is 4.54. The van der Waals surface area contributed by atoms with Gasteiger partial charge in [-0.05, 0) is 69.4 Å². The van der Waals surface area contributed by atoms with Crippen LogP contribution in [-0.2, 0) is 4.79 Å². The number of amides is 1. The fourth-order valence-corrected chi connectivity index (χ4v) is 3.03. The van der Waals surface area contributed by atoms with Crippen LogP contribution in [0.1, 0.15) is 37.2 Å². The minimum atomic E-state index is 0.139. The summed E-state index contributed by atoms with van der Waals surface area (Å²) in [5, 5.41) is 3.05. The molecule has 0 heterocycles. The Kier molecular flexibility index (Phi) is 6.91. The average molecular weight is 334 g/mol. The van der Waals surface area contributed by atoms with Gasteiger partial charge in [-0.3, -0.25) is 4.79 Å². The van der Waals surface area contributed by atoms with Crippen LogP contribution in [0.2, 0.25) is 0 Å². The van der Waals surface area contributed by atoms with Crippen LogP contribution in [0.25, 0.3) is 0 Å². The van der Waals surface area contributed by atoms with Gasteiger partial charge in [0, 0.05) is 13.0 Å². The van der Waals surface area contributed by atoms with Crippen LogP contribution in [0.4, 0.5) is 0 Å². The average Bonchev–Trinajstić information content (AvgIpc) is 3.40. The highest BCUT2D eigenvalue weighted by Gasteiger charge is 2.34. The lowest BCUT2D eigenvalue weighted by Crippen LogP contribution is -2.28. The van der Waals surface area contributed by atoms with E-state index in [2.05, 4.69) is 16.3 Å². The van der Waals surface area contributed by atoms with E-state index in [0.29, 0.717) is 12.3 Å². The van der Waals surface area contributed by atoms with Crippen molar-refractivity contribution in [2.45, 2.75) is 31.6 Å². The molecule has 1 aliphatic carbocycles. The lowest BCUT2D eigenvalue weighted by molar-refractivity contribution is -0.121. The first-order chi connectivity index (χ1) is 11.5. The number of hydrogen-bond donors (Lipinski definition) is 1. The summed E-state index contributed by atoms with van der Waals surface area (Å²) >= 11 is 0. The van der Waals surface area contributed by atoms with E-state index in [1.54, 1.807) is 14.2 Å². The maximum atomic E-state index is 12.3. The Bertz CT molecular complexity index is 541. The molecule has 1 fully saturated rings. The maximum Gasteiger partial charge on any atom is 0.220 e. The molecule has 1 aromatic carbocycles. The number of nitrogens with one attached hydrogen (secondary N) is 1. The second kappa shape index (κ2) is 8.92. The molecule has 2 rings (SSSR count). The zero-order valence-corrected chi connectivity index (χ0v) is 15.3. The fraction of sp³-hybridized carbons (Fsp3) is 0.632. The van der Waals surface area contributed by atoms with Gasteiger partial charge in [0.25, 0.3) is 0 Å². The third-order valence-corrected chi connectivity index (χ3v) is 4.54. The van der Waals surface area contributed by atoms with Crippen LogP contribution >= 0.6 is 0 Å². The Morgan fingerprint density at radius 2 is 1.96 bits per heavy atom. The second-order valence-corrected chi connectivity index (χ2v) is 6.77. The van der Waals surface area contributed by atoms with Crippen molar-refractivity contribution in [3.8, 4) is 11.5 Å². The molecule has 1 N–H and O–H groups in total. The molecule has 24 heavy (non-hydrogen) atoms. The Balaban J connectivity index is 1.96. The van der Waals surface area contributed by atoms with E-state index in [1.807, 2.05) is 26.2 Å². The molecular formula is C19H30N2O3. The first-order valence-corrected chi connectivity index (χ1v) is 8.68. The Hall–Kier alpha value is -1.75. The van der Waals surface area contributed by atoms with E-state index < -0.39 is 0 Å². The van der Waals surface area contributed by atoms with Crippen molar-refractivity contribution in [2.24, 2.45) is 5.92 Å². The molecule has 1 aromatic rings. The first-order valence-electron chi connectivity index (χ1n) is 8.68. The summed E-state index contributed by atoms with van der Waals surface area (Å²) in [6.45, 7) is 1.72. The number of benzene rings is 1. The highest BCUT2D eigenvalue weighted by atomic mass is 16.5. The topological polar surface area (TPSA) is 50.8 Å². The van der Waals surface area contributed by atoms with E-state index >= 15 is 0 Å². The van der Waals surface area contributed by atoms with Crippen molar-refractivity contribution >= 4 is 5.91 Å². The van der Waals surface area contributed by atoms with E-state index in [4.69, 9.17) is 9.47 Å². The van der Waals surface area contributed by atoms with Crippen molar-refractivity contribution in [3.63, 3.8) is 0 Å². The van der Waals surface area contributed by atoms with Crippen LogP contribution in [0.3, 0.4) is 0 Å². The Morgan fingerprint density at radius 3 is 2.54 bits per heavy atom. The van der Waals surface area contributed by atoms with Crippen molar-refractivity contribution in [3.05, 3.63) is 23.8 Å². The molecule has 1 atom stereocenters. The molecule has 0 aromatic heterocycles. The third kappa shape index (κ3) is 5.41. The highest BCUT2D eigenvalue weighted by molar-refractivity contribution is 5.77. The number of hydrogen-bond acceptors (Lipinski definition) is 4. The largest absolute Gasteiger partial charge is 0.493 e. The number of carbonyl (C=O) groups excluding carboxylic acids is 1. The van der Waals surface area contributed by atoms with Crippen molar-refractivity contribution in [1.29, 1.82) is 0 Å². The lowest BCUT2D eigenvalue weighted by atomic mass is 9.90. The van der Waals surface area contributed by atoms with Gasteiger partial charge < -0.3 is 19.7 Å². The highest BCUT2D eigenvalue weighted by Crippen LogP contribution is 2.46. The normalized spacial score (nSPS) is 15.2. The molecule has 134 valence electrons. The summed E-state index contributed by atoms with van der Waals surface area (Å²) in [4.78, 5) is 14.4. The fourth-order valence-electron chi connectivity index (χ4n) is 3.03. The second-order valence-electron chi connectivity index (χ2n) is 6.77. The van der Waals surface area contributed by atoms with Gasteiger partial charge in [-0.15, -0.1) is 0 Å². The molecule has 1 unspecified atom stereocenters. The minimum absolute atomic E-state index is 0.139. The van der Waals surface area contributed by atoms with Gasteiger partial charge in [0.2, 0.25) is 5.91 Å². The van der Waals surface area contributed by atoms with Gasteiger partial charge in [-0.1, -0.05) is 6.07 Å². The van der Waals surface area contributed by atoms with Crippen molar-refractivity contribution < 1.29 is 14.3 Å². The summed E-state index contributed by atoms with van der Waals surface area (Å²) in [7, 11) is 7.37. The van der Waals surface area contributed by atoms with E-state index in [0.717, 1.165) is 31.0 Å². The Labute approximate surface area is 145 Å². The monoisotopic (exact) mass is 334 g/mol. The van der Waals surface area contributed by atoms with Gasteiger partial charge in [-0.25, -0.2) is 0 Å². The van der Waals surface area contributed by atoms with Gasteiger partial charge in [0.1, 0.15) is 0 Å². The molecule has 0 bridgehead atoms. The molecule has 5 nitrogen and oxygen atoms in total. The van der Waals surface area contributed by atoms with Crippen LogP contribution in [0.15, 0.2) is 18.2 Å². The van der Waals surface area contributed by atoms with Crippen molar-refractivity contribution in [2.75, 3.05) is 41.4 Å². The lowest BCUT2D eigenvalue weighted by Gasteiger charge is -2.18. The molecule has 1 saturated carbocycles. The van der Waals surface area contributed by atoms with E-state index in [1.165, 1.54) is 18.4 Å². The maximum absolute atomic E-state index is 12.3. The molecule has 0 spiro atoms. The predicted octanol–water partition coefficient (Wildman–Crippen LogP) is 2.66. The summed E-state index contributed by atoms with van der Waals surface area (Å²) in [5.41, 5.74) is 1.17. The van der Waals surface area contributed by atoms with Gasteiger partial charge in [0.15, 0.2) is 11.5 Å². The molecule has 1 amide bonds. The molecule has 0 aliphatic heterocycles. The number of methoxy groups -OCH3 is 2.